The molecule has 0 bridgehead atoms. The quantitative estimate of drug-likeness (QED) is 0.877. The summed E-state index contributed by atoms with van der Waals surface area (Å²) in [6, 6.07) is 9.10. The van der Waals surface area contributed by atoms with Gasteiger partial charge in [0.2, 0.25) is 5.91 Å². The van der Waals surface area contributed by atoms with Crippen molar-refractivity contribution < 1.29 is 9.53 Å². The molecule has 2 N–H and O–H groups in total. The Morgan fingerprint density at radius 3 is 2.76 bits per heavy atom. The molecule has 3 rings (SSSR count). The number of aryl methyl sites for hydroxylation is 1. The largest absolute Gasteiger partial charge is 0.380 e. The standard InChI is InChI=1S/C18H21N5O2/c1-22-9-14(10-23-11-15(25-2)7-16(23)18(20)24)17(21-22)13-5-3-12(8-19)4-6-13/h3-6,9,15-16H,7,10-11H2,1-2H3,(H2,20,24)/t15-,16-/m0/s1. The predicted molar refractivity (Wildman–Crippen MR) is 92.2 cm³/mol. The number of nitriles is 1. The topological polar surface area (TPSA) is 97.2 Å². The van der Waals surface area contributed by atoms with Gasteiger partial charge in [0.1, 0.15) is 0 Å². The van der Waals surface area contributed by atoms with Crippen molar-refractivity contribution in [2.24, 2.45) is 12.8 Å². The maximum absolute atomic E-state index is 11.8. The van der Waals surface area contributed by atoms with E-state index in [0.717, 1.165) is 16.8 Å². The molecule has 2 heterocycles. The maximum atomic E-state index is 11.8. The fourth-order valence-electron chi connectivity index (χ4n) is 3.32. The lowest BCUT2D eigenvalue weighted by molar-refractivity contribution is -0.122. The number of rotatable bonds is 5. The summed E-state index contributed by atoms with van der Waals surface area (Å²) in [7, 11) is 3.52. The van der Waals surface area contributed by atoms with Gasteiger partial charge in [0.25, 0.3) is 0 Å². The van der Waals surface area contributed by atoms with Gasteiger partial charge in [-0.05, 0) is 18.6 Å². The Hall–Kier alpha value is -2.69. The zero-order chi connectivity index (χ0) is 18.0. The molecule has 1 aromatic heterocycles. The first kappa shape index (κ1) is 17.1. The summed E-state index contributed by atoms with van der Waals surface area (Å²) in [5.74, 6) is -0.330. The summed E-state index contributed by atoms with van der Waals surface area (Å²) in [6.45, 7) is 1.22. The number of aromatic nitrogens is 2. The molecule has 2 atom stereocenters. The third kappa shape index (κ3) is 3.55. The van der Waals surface area contributed by atoms with Gasteiger partial charge in [-0.15, -0.1) is 0 Å². The summed E-state index contributed by atoms with van der Waals surface area (Å²) in [6.07, 6.45) is 2.57. The zero-order valence-electron chi connectivity index (χ0n) is 14.3. The van der Waals surface area contributed by atoms with Crippen molar-refractivity contribution in [1.29, 1.82) is 5.26 Å². The highest BCUT2D eigenvalue weighted by Crippen LogP contribution is 2.27. The fraction of sp³-hybridized carbons (Fsp3) is 0.389. The number of amides is 1. The Labute approximate surface area is 146 Å². The Balaban J connectivity index is 1.88. The second-order valence-electron chi connectivity index (χ2n) is 6.31. The number of carbonyl (C=O) groups excluding carboxylic acids is 1. The van der Waals surface area contributed by atoms with Crippen molar-refractivity contribution in [3.63, 3.8) is 0 Å². The van der Waals surface area contributed by atoms with Gasteiger partial charge in [0.15, 0.2) is 0 Å². The molecule has 1 amide bonds. The molecule has 130 valence electrons. The number of primary amides is 1. The van der Waals surface area contributed by atoms with Crippen LogP contribution in [0.3, 0.4) is 0 Å². The minimum atomic E-state index is -0.334. The monoisotopic (exact) mass is 339 g/mol. The minimum absolute atomic E-state index is 0.00698. The summed E-state index contributed by atoms with van der Waals surface area (Å²) < 4.78 is 7.16. The second-order valence-corrected chi connectivity index (χ2v) is 6.31. The van der Waals surface area contributed by atoms with Gasteiger partial charge in [0, 0.05) is 44.6 Å². The molecule has 7 heteroatoms. The van der Waals surface area contributed by atoms with Gasteiger partial charge in [0.05, 0.1) is 29.5 Å². The molecule has 0 unspecified atom stereocenters. The lowest BCUT2D eigenvalue weighted by atomic mass is 10.1. The van der Waals surface area contributed by atoms with Crippen LogP contribution in [-0.4, -0.2) is 46.4 Å². The van der Waals surface area contributed by atoms with Crippen LogP contribution < -0.4 is 5.73 Å². The number of nitrogens with two attached hydrogens (primary N) is 1. The highest BCUT2D eigenvalue weighted by Gasteiger charge is 2.36. The van der Waals surface area contributed by atoms with Crippen LogP contribution in [0.15, 0.2) is 30.5 Å². The first-order chi connectivity index (χ1) is 12.0. The van der Waals surface area contributed by atoms with Crippen molar-refractivity contribution in [2.45, 2.75) is 25.1 Å². The van der Waals surface area contributed by atoms with Gasteiger partial charge >= 0.3 is 0 Å². The van der Waals surface area contributed by atoms with E-state index in [4.69, 9.17) is 15.7 Å². The predicted octanol–water partition coefficient (Wildman–Crippen LogP) is 1.03. The third-order valence-corrected chi connectivity index (χ3v) is 4.59. The Morgan fingerprint density at radius 1 is 1.44 bits per heavy atom. The molecule has 1 aliphatic rings. The Bertz CT molecular complexity index is 806. The number of ether oxygens (including phenoxy) is 1. The normalized spacial score (nSPS) is 20.5. The van der Waals surface area contributed by atoms with Gasteiger partial charge in [-0.3, -0.25) is 14.4 Å². The van der Waals surface area contributed by atoms with Crippen molar-refractivity contribution in [1.82, 2.24) is 14.7 Å². The number of hydrogen-bond donors (Lipinski definition) is 1. The van der Waals surface area contributed by atoms with E-state index in [-0.39, 0.29) is 18.1 Å². The Kier molecular flexibility index (Phi) is 4.83. The third-order valence-electron chi connectivity index (χ3n) is 4.59. The molecule has 0 radical (unpaired) electrons. The van der Waals surface area contributed by atoms with E-state index in [1.807, 2.05) is 30.3 Å². The smallest absolute Gasteiger partial charge is 0.234 e. The second kappa shape index (κ2) is 7.05. The summed E-state index contributed by atoms with van der Waals surface area (Å²) in [4.78, 5) is 13.8. The van der Waals surface area contributed by atoms with Crippen LogP contribution >= 0.6 is 0 Å². The highest BCUT2D eigenvalue weighted by molar-refractivity contribution is 5.80. The van der Waals surface area contributed by atoms with Crippen LogP contribution in [0.4, 0.5) is 0 Å². The molecular weight excluding hydrogens is 318 g/mol. The maximum Gasteiger partial charge on any atom is 0.234 e. The number of benzene rings is 1. The van der Waals surface area contributed by atoms with Crippen molar-refractivity contribution in [2.75, 3.05) is 13.7 Å². The summed E-state index contributed by atoms with van der Waals surface area (Å²) in [5, 5.41) is 13.5. The van der Waals surface area contributed by atoms with E-state index in [0.29, 0.717) is 25.1 Å². The van der Waals surface area contributed by atoms with Crippen LogP contribution in [-0.2, 0) is 23.1 Å². The van der Waals surface area contributed by atoms with Crippen LogP contribution in [0, 0.1) is 11.3 Å². The lowest BCUT2D eigenvalue weighted by Gasteiger charge is -2.21. The molecule has 1 aliphatic heterocycles. The van der Waals surface area contributed by atoms with E-state index in [9.17, 15) is 4.79 Å². The SMILES string of the molecule is CO[C@H]1C[C@@H](C(N)=O)N(Cc2cn(C)nc2-c2ccc(C#N)cc2)C1. The zero-order valence-corrected chi connectivity index (χ0v) is 14.3. The number of nitrogens with zero attached hydrogens (tertiary/aromatic N) is 4. The molecule has 0 aliphatic carbocycles. The van der Waals surface area contributed by atoms with E-state index in [2.05, 4.69) is 11.2 Å². The van der Waals surface area contributed by atoms with Crippen molar-refractivity contribution in [3.8, 4) is 17.3 Å². The molecule has 7 nitrogen and oxygen atoms in total. The van der Waals surface area contributed by atoms with Gasteiger partial charge < -0.3 is 10.5 Å². The Morgan fingerprint density at radius 2 is 2.16 bits per heavy atom. The number of carbonyl (C=O) groups is 1. The first-order valence-electron chi connectivity index (χ1n) is 8.11. The number of hydrogen-bond acceptors (Lipinski definition) is 5. The summed E-state index contributed by atoms with van der Waals surface area (Å²) in [5.41, 5.74) is 8.96. The molecular formula is C18H21N5O2. The van der Waals surface area contributed by atoms with Crippen molar-refractivity contribution in [3.05, 3.63) is 41.6 Å². The minimum Gasteiger partial charge on any atom is -0.380 e. The van der Waals surface area contributed by atoms with E-state index < -0.39 is 0 Å². The fourth-order valence-corrected chi connectivity index (χ4v) is 3.32. The molecule has 0 spiro atoms. The number of likely N-dealkylation sites (tertiary alicyclic amines) is 1. The average Bonchev–Trinajstić information content (AvgIpc) is 3.18. The van der Waals surface area contributed by atoms with Crippen LogP contribution in [0.25, 0.3) is 11.3 Å². The molecule has 25 heavy (non-hydrogen) atoms. The highest BCUT2D eigenvalue weighted by atomic mass is 16.5. The van der Waals surface area contributed by atoms with E-state index >= 15 is 0 Å². The molecule has 0 saturated carbocycles. The first-order valence-corrected chi connectivity index (χ1v) is 8.11. The summed E-state index contributed by atoms with van der Waals surface area (Å²) >= 11 is 0. The average molecular weight is 339 g/mol. The lowest BCUT2D eigenvalue weighted by Crippen LogP contribution is -2.39. The van der Waals surface area contributed by atoms with E-state index in [1.54, 1.807) is 23.9 Å². The van der Waals surface area contributed by atoms with Gasteiger partial charge in [-0.25, -0.2) is 0 Å². The van der Waals surface area contributed by atoms with E-state index in [1.165, 1.54) is 0 Å². The van der Waals surface area contributed by atoms with Crippen molar-refractivity contribution >= 4 is 5.91 Å². The van der Waals surface area contributed by atoms with Gasteiger partial charge in [-0.1, -0.05) is 12.1 Å². The van der Waals surface area contributed by atoms with Crippen LogP contribution in [0.5, 0.6) is 0 Å². The molecule has 1 saturated heterocycles. The molecule has 1 fully saturated rings. The van der Waals surface area contributed by atoms with Gasteiger partial charge in [-0.2, -0.15) is 10.4 Å². The number of methoxy groups -OCH3 is 1. The van der Waals surface area contributed by atoms with Crippen LogP contribution in [0.2, 0.25) is 0 Å². The molecule has 1 aromatic carbocycles. The molecule has 2 aromatic rings. The van der Waals surface area contributed by atoms with Crippen LogP contribution in [0.1, 0.15) is 17.5 Å².